The fourth-order valence-electron chi connectivity index (χ4n) is 1.43. The molecule has 94 valence electrons. The number of benzene rings is 1. The molecule has 6 heteroatoms. The number of hydrogen-bond acceptors (Lipinski definition) is 4. The molecule has 0 aliphatic heterocycles. The molecule has 0 aliphatic rings. The van der Waals surface area contributed by atoms with Gasteiger partial charge in [-0.3, -0.25) is 0 Å². The lowest BCUT2D eigenvalue weighted by Crippen LogP contribution is -2.06. The van der Waals surface area contributed by atoms with E-state index in [1.54, 1.807) is 30.6 Å². The van der Waals surface area contributed by atoms with E-state index in [1.165, 1.54) is 11.3 Å². The maximum atomic E-state index is 11.7. The van der Waals surface area contributed by atoms with E-state index in [4.69, 9.17) is 27.9 Å². The van der Waals surface area contributed by atoms with Gasteiger partial charge in [-0.15, -0.1) is 11.3 Å². The average molecular weight is 302 g/mol. The zero-order chi connectivity index (χ0) is 13.1. The molecule has 0 bridgehead atoms. The number of carbonyl (C=O) groups is 1. The van der Waals surface area contributed by atoms with Crippen LogP contribution in [0.2, 0.25) is 10.0 Å². The summed E-state index contributed by atoms with van der Waals surface area (Å²) in [6.45, 7) is 2.07. The molecule has 18 heavy (non-hydrogen) atoms. The Labute approximate surface area is 118 Å². The largest absolute Gasteiger partial charge is 0.461 e. The van der Waals surface area contributed by atoms with Gasteiger partial charge in [-0.25, -0.2) is 9.78 Å². The van der Waals surface area contributed by atoms with Crippen molar-refractivity contribution in [3.63, 3.8) is 0 Å². The van der Waals surface area contributed by atoms with Gasteiger partial charge < -0.3 is 4.74 Å². The summed E-state index contributed by atoms with van der Waals surface area (Å²) in [4.78, 5) is 16.5. The summed E-state index contributed by atoms with van der Waals surface area (Å²) in [5.74, 6) is -0.431. The first kappa shape index (κ1) is 13.3. The number of carbonyl (C=O) groups excluding carboxylic acids is 1. The molecular formula is C12H9Cl2NO2S. The van der Waals surface area contributed by atoms with Crippen molar-refractivity contribution >= 4 is 40.5 Å². The Bertz CT molecular complexity index is 583. The highest BCUT2D eigenvalue weighted by Crippen LogP contribution is 2.32. The second-order valence-corrected chi connectivity index (χ2v) is 5.05. The van der Waals surface area contributed by atoms with E-state index in [0.717, 1.165) is 10.4 Å². The number of aromatic nitrogens is 1. The van der Waals surface area contributed by atoms with E-state index in [1.807, 2.05) is 0 Å². The maximum Gasteiger partial charge on any atom is 0.358 e. The minimum Gasteiger partial charge on any atom is -0.461 e. The molecule has 0 aliphatic carbocycles. The molecule has 0 unspecified atom stereocenters. The van der Waals surface area contributed by atoms with Crippen molar-refractivity contribution in [1.82, 2.24) is 4.98 Å². The zero-order valence-electron chi connectivity index (χ0n) is 9.44. The quantitative estimate of drug-likeness (QED) is 0.794. The predicted octanol–water partition coefficient (Wildman–Crippen LogP) is 4.29. The number of halogens is 2. The Balaban J connectivity index is 2.42. The number of esters is 1. The van der Waals surface area contributed by atoms with Gasteiger partial charge in [-0.05, 0) is 24.6 Å². The van der Waals surface area contributed by atoms with Crippen molar-refractivity contribution < 1.29 is 9.53 Å². The second-order valence-electron chi connectivity index (χ2n) is 3.38. The molecule has 1 aromatic heterocycles. The highest BCUT2D eigenvalue weighted by atomic mass is 35.5. The van der Waals surface area contributed by atoms with Gasteiger partial charge in [0.2, 0.25) is 0 Å². The first-order chi connectivity index (χ1) is 8.63. The lowest BCUT2D eigenvalue weighted by atomic mass is 10.1. The third-order valence-electron chi connectivity index (χ3n) is 2.22. The van der Waals surface area contributed by atoms with Crippen LogP contribution < -0.4 is 0 Å². The van der Waals surface area contributed by atoms with E-state index >= 15 is 0 Å². The van der Waals surface area contributed by atoms with Gasteiger partial charge in [0.1, 0.15) is 0 Å². The van der Waals surface area contributed by atoms with E-state index in [-0.39, 0.29) is 0 Å². The summed E-state index contributed by atoms with van der Waals surface area (Å²) in [6.07, 6.45) is 0. The van der Waals surface area contributed by atoms with E-state index in [9.17, 15) is 4.79 Å². The van der Waals surface area contributed by atoms with Gasteiger partial charge in [0.15, 0.2) is 5.69 Å². The molecule has 0 atom stereocenters. The molecule has 0 amide bonds. The molecular weight excluding hydrogens is 293 g/mol. The SMILES string of the molecule is CCOC(=O)c1ncsc1-c1ccc(Cl)c(Cl)c1. The molecule has 0 saturated carbocycles. The van der Waals surface area contributed by atoms with Crippen LogP contribution in [-0.2, 0) is 4.74 Å². The van der Waals surface area contributed by atoms with Crippen LogP contribution in [0, 0.1) is 0 Å². The Hall–Kier alpha value is -1.10. The molecule has 0 fully saturated rings. The summed E-state index contributed by atoms with van der Waals surface area (Å²) >= 11 is 13.2. The minimum absolute atomic E-state index is 0.306. The van der Waals surface area contributed by atoms with E-state index < -0.39 is 5.97 Å². The highest BCUT2D eigenvalue weighted by Gasteiger charge is 2.17. The van der Waals surface area contributed by atoms with Crippen LogP contribution in [-0.4, -0.2) is 17.6 Å². The Morgan fingerprint density at radius 2 is 2.17 bits per heavy atom. The lowest BCUT2D eigenvalue weighted by molar-refractivity contribution is 0.0521. The molecule has 1 heterocycles. The van der Waals surface area contributed by atoms with E-state index in [2.05, 4.69) is 4.98 Å². The zero-order valence-corrected chi connectivity index (χ0v) is 11.8. The van der Waals surface area contributed by atoms with Gasteiger partial charge in [0.05, 0.1) is 27.0 Å². The van der Waals surface area contributed by atoms with Crippen molar-refractivity contribution in [2.75, 3.05) is 6.61 Å². The molecule has 0 saturated heterocycles. The van der Waals surface area contributed by atoms with E-state index in [0.29, 0.717) is 22.3 Å². The van der Waals surface area contributed by atoms with Crippen LogP contribution in [0.15, 0.2) is 23.7 Å². The molecule has 1 aromatic carbocycles. The van der Waals surface area contributed by atoms with Crippen molar-refractivity contribution in [3.05, 3.63) is 39.4 Å². The topological polar surface area (TPSA) is 39.2 Å². The Morgan fingerprint density at radius 3 is 2.83 bits per heavy atom. The standard InChI is InChI=1S/C12H9Cl2NO2S/c1-2-17-12(16)10-11(18-6-15-10)7-3-4-8(13)9(14)5-7/h3-6H,2H2,1H3. The number of thiazole rings is 1. The molecule has 2 aromatic rings. The maximum absolute atomic E-state index is 11.7. The third-order valence-corrected chi connectivity index (χ3v) is 3.83. The summed E-state index contributed by atoms with van der Waals surface area (Å²) < 4.78 is 4.95. The fraction of sp³-hybridized carbons (Fsp3) is 0.167. The smallest absolute Gasteiger partial charge is 0.358 e. The highest BCUT2D eigenvalue weighted by molar-refractivity contribution is 7.13. The van der Waals surface area contributed by atoms with Crippen LogP contribution in [0.1, 0.15) is 17.4 Å². The summed E-state index contributed by atoms with van der Waals surface area (Å²) in [5.41, 5.74) is 2.71. The van der Waals surface area contributed by atoms with Crippen molar-refractivity contribution in [2.24, 2.45) is 0 Å². The first-order valence-electron chi connectivity index (χ1n) is 5.19. The fourth-order valence-corrected chi connectivity index (χ4v) is 2.51. The monoisotopic (exact) mass is 301 g/mol. The second kappa shape index (κ2) is 5.69. The molecule has 0 N–H and O–H groups in total. The predicted molar refractivity (Wildman–Crippen MR) is 73.5 cm³/mol. The van der Waals surface area contributed by atoms with Crippen LogP contribution in [0.3, 0.4) is 0 Å². The van der Waals surface area contributed by atoms with Gasteiger partial charge in [0, 0.05) is 0 Å². The first-order valence-corrected chi connectivity index (χ1v) is 6.83. The van der Waals surface area contributed by atoms with Crippen LogP contribution >= 0.6 is 34.5 Å². The number of ether oxygens (including phenoxy) is 1. The minimum atomic E-state index is -0.431. The van der Waals surface area contributed by atoms with Gasteiger partial charge >= 0.3 is 5.97 Å². The number of hydrogen-bond donors (Lipinski definition) is 0. The van der Waals surface area contributed by atoms with Crippen LogP contribution in [0.4, 0.5) is 0 Å². The van der Waals surface area contributed by atoms with Crippen molar-refractivity contribution in [3.8, 4) is 10.4 Å². The normalized spacial score (nSPS) is 10.4. The lowest BCUT2D eigenvalue weighted by Gasteiger charge is -2.04. The summed E-state index contributed by atoms with van der Waals surface area (Å²) in [6, 6.07) is 5.19. The van der Waals surface area contributed by atoms with Crippen molar-refractivity contribution in [1.29, 1.82) is 0 Å². The Morgan fingerprint density at radius 1 is 1.39 bits per heavy atom. The van der Waals surface area contributed by atoms with Crippen LogP contribution in [0.5, 0.6) is 0 Å². The molecule has 3 nitrogen and oxygen atoms in total. The molecule has 0 spiro atoms. The summed E-state index contributed by atoms with van der Waals surface area (Å²) in [5, 5.41) is 0.917. The van der Waals surface area contributed by atoms with Crippen LogP contribution in [0.25, 0.3) is 10.4 Å². The Kier molecular flexibility index (Phi) is 4.22. The molecule has 2 rings (SSSR count). The summed E-state index contributed by atoms with van der Waals surface area (Å²) in [7, 11) is 0. The third kappa shape index (κ3) is 2.66. The average Bonchev–Trinajstić information content (AvgIpc) is 2.82. The number of nitrogens with zero attached hydrogens (tertiary/aromatic N) is 1. The van der Waals surface area contributed by atoms with Crippen molar-refractivity contribution in [2.45, 2.75) is 6.92 Å². The van der Waals surface area contributed by atoms with Gasteiger partial charge in [-0.1, -0.05) is 29.3 Å². The van der Waals surface area contributed by atoms with Gasteiger partial charge in [0.25, 0.3) is 0 Å². The molecule has 0 radical (unpaired) electrons. The number of rotatable bonds is 3. The van der Waals surface area contributed by atoms with Gasteiger partial charge in [-0.2, -0.15) is 0 Å².